The maximum absolute atomic E-state index is 13.4. The Labute approximate surface area is 202 Å². The second-order valence-electron chi connectivity index (χ2n) is 7.83. The lowest BCUT2D eigenvalue weighted by Gasteiger charge is -2.20. The first-order valence-electron chi connectivity index (χ1n) is 10.5. The summed E-state index contributed by atoms with van der Waals surface area (Å²) >= 11 is 1.22. The molecule has 0 N–H and O–H groups in total. The highest BCUT2D eigenvalue weighted by atomic mass is 32.2. The van der Waals surface area contributed by atoms with Gasteiger partial charge < -0.3 is 14.0 Å². The number of benzene rings is 2. The molecule has 0 atom stereocenters. The van der Waals surface area contributed by atoms with Gasteiger partial charge in [-0.25, -0.2) is 8.42 Å². The number of aromatic nitrogens is 2. The van der Waals surface area contributed by atoms with Gasteiger partial charge >= 0.3 is 0 Å². The van der Waals surface area contributed by atoms with E-state index in [1.54, 1.807) is 56.0 Å². The summed E-state index contributed by atoms with van der Waals surface area (Å²) < 4.78 is 44.2. The first kappa shape index (κ1) is 23.8. The summed E-state index contributed by atoms with van der Waals surface area (Å²) in [5.74, 6) is 1.89. The molecule has 8 nitrogen and oxygen atoms in total. The molecule has 0 unspecified atom stereocenters. The third kappa shape index (κ3) is 4.38. The first-order chi connectivity index (χ1) is 16.3. The van der Waals surface area contributed by atoms with Gasteiger partial charge in [-0.3, -0.25) is 4.31 Å². The number of rotatable bonds is 8. The monoisotopic (exact) mass is 499 g/mol. The number of thiophene rings is 1. The lowest BCUT2D eigenvalue weighted by Crippen LogP contribution is -2.26. The molecule has 0 aliphatic rings. The van der Waals surface area contributed by atoms with E-state index in [4.69, 9.17) is 14.0 Å². The number of hydrogen-bond acceptors (Lipinski definition) is 8. The second-order valence-corrected chi connectivity index (χ2v) is 10.7. The normalized spacial score (nSPS) is 11.6. The van der Waals surface area contributed by atoms with E-state index < -0.39 is 10.0 Å². The fourth-order valence-corrected chi connectivity index (χ4v) is 5.93. The zero-order chi connectivity index (χ0) is 24.5. The minimum absolute atomic E-state index is 0.107. The van der Waals surface area contributed by atoms with E-state index in [9.17, 15) is 8.42 Å². The Balaban J connectivity index is 1.66. The molecule has 178 valence electrons. The fraction of sp³-hybridized carbons (Fsp3) is 0.250. The van der Waals surface area contributed by atoms with Crippen molar-refractivity contribution in [3.8, 4) is 33.7 Å². The average Bonchev–Trinajstić information content (AvgIpc) is 3.53. The third-order valence-electron chi connectivity index (χ3n) is 5.45. The molecule has 0 saturated carbocycles. The van der Waals surface area contributed by atoms with E-state index in [2.05, 4.69) is 24.0 Å². The van der Waals surface area contributed by atoms with Gasteiger partial charge in [0.05, 0.1) is 19.9 Å². The molecule has 0 fully saturated rings. The molecule has 10 heteroatoms. The summed E-state index contributed by atoms with van der Waals surface area (Å²) in [6, 6.07) is 14.3. The summed E-state index contributed by atoms with van der Waals surface area (Å²) in [7, 11) is 0.770. The van der Waals surface area contributed by atoms with Crippen molar-refractivity contribution in [3.63, 3.8) is 0 Å². The molecule has 2 aromatic carbocycles. The van der Waals surface area contributed by atoms with Crippen LogP contribution in [0.25, 0.3) is 22.2 Å². The van der Waals surface area contributed by atoms with Crippen LogP contribution >= 0.6 is 11.3 Å². The van der Waals surface area contributed by atoms with Crippen molar-refractivity contribution in [2.75, 3.05) is 25.6 Å². The summed E-state index contributed by atoms with van der Waals surface area (Å²) in [6.45, 7) is 4.18. The smallest absolute Gasteiger partial charge is 0.269 e. The molecular formula is C24H25N3O5S2. The van der Waals surface area contributed by atoms with Gasteiger partial charge in [-0.2, -0.15) is 4.98 Å². The first-order valence-corrected chi connectivity index (χ1v) is 12.8. The molecular weight excluding hydrogens is 474 g/mol. The quantitative estimate of drug-likeness (QED) is 0.319. The minimum atomic E-state index is -3.86. The van der Waals surface area contributed by atoms with Crippen LogP contribution in [0.5, 0.6) is 11.5 Å². The molecule has 2 aromatic heterocycles. The Morgan fingerprint density at radius 2 is 1.71 bits per heavy atom. The number of nitrogens with zero attached hydrogens (tertiary/aromatic N) is 3. The standard InChI is InChI=1S/C24H25N3O5S2/c1-15(2)16-6-9-18(10-7-16)27(3)34(28,29)21-12-13-33-22(21)24-25-23(26-32-24)17-8-11-19(30-4)20(14-17)31-5/h6-15H,1-5H3. The highest BCUT2D eigenvalue weighted by Crippen LogP contribution is 2.37. The lowest BCUT2D eigenvalue weighted by atomic mass is 10.0. The van der Waals surface area contributed by atoms with Crippen molar-refractivity contribution < 1.29 is 22.4 Å². The largest absolute Gasteiger partial charge is 0.493 e. The highest BCUT2D eigenvalue weighted by Gasteiger charge is 2.29. The zero-order valence-electron chi connectivity index (χ0n) is 19.5. The van der Waals surface area contributed by atoms with E-state index in [1.807, 2.05) is 12.1 Å². The van der Waals surface area contributed by atoms with Crippen LogP contribution in [-0.4, -0.2) is 39.8 Å². The maximum atomic E-state index is 13.4. The van der Waals surface area contributed by atoms with Gasteiger partial charge in [-0.15, -0.1) is 11.3 Å². The Morgan fingerprint density at radius 3 is 2.35 bits per heavy atom. The summed E-state index contributed by atoms with van der Waals surface area (Å²) in [5, 5.41) is 5.73. The van der Waals surface area contributed by atoms with Crippen molar-refractivity contribution in [1.29, 1.82) is 0 Å². The summed E-state index contributed by atoms with van der Waals surface area (Å²) in [5.41, 5.74) is 2.35. The van der Waals surface area contributed by atoms with Gasteiger partial charge in [0.15, 0.2) is 11.5 Å². The predicted molar refractivity (Wildman–Crippen MR) is 132 cm³/mol. The van der Waals surface area contributed by atoms with Crippen molar-refractivity contribution in [3.05, 3.63) is 59.5 Å². The zero-order valence-corrected chi connectivity index (χ0v) is 21.1. The van der Waals surface area contributed by atoms with E-state index >= 15 is 0 Å². The van der Waals surface area contributed by atoms with Gasteiger partial charge in [-0.05, 0) is 53.3 Å². The Hall–Kier alpha value is -3.37. The van der Waals surface area contributed by atoms with Crippen molar-refractivity contribution >= 4 is 27.0 Å². The average molecular weight is 500 g/mol. The molecule has 0 aliphatic carbocycles. The van der Waals surface area contributed by atoms with Crippen LogP contribution in [0.4, 0.5) is 5.69 Å². The number of ether oxygens (including phenoxy) is 2. The van der Waals surface area contributed by atoms with Crippen LogP contribution in [0, 0.1) is 0 Å². The molecule has 0 bridgehead atoms. The van der Waals surface area contributed by atoms with Gasteiger partial charge in [0.25, 0.3) is 15.9 Å². The maximum Gasteiger partial charge on any atom is 0.269 e. The Morgan fingerprint density at radius 1 is 1.00 bits per heavy atom. The van der Waals surface area contributed by atoms with E-state index in [1.165, 1.54) is 22.7 Å². The SMILES string of the molecule is COc1ccc(-c2noc(-c3sccc3S(=O)(=O)N(C)c3ccc(C(C)C)cc3)n2)cc1OC. The molecule has 0 spiro atoms. The van der Waals surface area contributed by atoms with Crippen LogP contribution in [0.2, 0.25) is 0 Å². The molecule has 4 aromatic rings. The fourth-order valence-electron chi connectivity index (χ4n) is 3.42. The third-order valence-corrected chi connectivity index (χ3v) is 8.31. The van der Waals surface area contributed by atoms with Gasteiger partial charge in [0.1, 0.15) is 9.77 Å². The number of sulfonamides is 1. The molecule has 0 radical (unpaired) electrons. The molecule has 0 aliphatic heterocycles. The van der Waals surface area contributed by atoms with E-state index in [0.29, 0.717) is 39.4 Å². The minimum Gasteiger partial charge on any atom is -0.493 e. The Kier molecular flexibility index (Phi) is 6.63. The van der Waals surface area contributed by atoms with Gasteiger partial charge in [0.2, 0.25) is 5.82 Å². The van der Waals surface area contributed by atoms with Crippen LogP contribution in [0.15, 0.2) is 63.3 Å². The van der Waals surface area contributed by atoms with Gasteiger partial charge in [0, 0.05) is 12.6 Å². The topological polar surface area (TPSA) is 94.8 Å². The molecule has 2 heterocycles. The summed E-state index contributed by atoms with van der Waals surface area (Å²) in [4.78, 5) is 4.93. The van der Waals surface area contributed by atoms with Crippen LogP contribution < -0.4 is 13.8 Å². The highest BCUT2D eigenvalue weighted by molar-refractivity contribution is 7.93. The van der Waals surface area contributed by atoms with E-state index in [0.717, 1.165) is 5.56 Å². The van der Waals surface area contributed by atoms with Crippen molar-refractivity contribution in [2.45, 2.75) is 24.7 Å². The summed E-state index contributed by atoms with van der Waals surface area (Å²) in [6.07, 6.45) is 0. The number of methoxy groups -OCH3 is 2. The van der Waals surface area contributed by atoms with E-state index in [-0.39, 0.29) is 10.8 Å². The van der Waals surface area contributed by atoms with Gasteiger partial charge in [-0.1, -0.05) is 31.1 Å². The number of anilines is 1. The molecule has 0 amide bonds. The molecule has 34 heavy (non-hydrogen) atoms. The van der Waals surface area contributed by atoms with Crippen LogP contribution in [-0.2, 0) is 10.0 Å². The van der Waals surface area contributed by atoms with Crippen LogP contribution in [0.3, 0.4) is 0 Å². The van der Waals surface area contributed by atoms with Crippen molar-refractivity contribution in [2.24, 2.45) is 0 Å². The Bertz CT molecular complexity index is 1390. The molecule has 4 rings (SSSR count). The predicted octanol–water partition coefficient (Wildman–Crippen LogP) is 5.43. The second kappa shape index (κ2) is 9.47. The lowest BCUT2D eigenvalue weighted by molar-refractivity contribution is 0.355. The van der Waals surface area contributed by atoms with Crippen molar-refractivity contribution in [1.82, 2.24) is 10.1 Å². The van der Waals surface area contributed by atoms with Crippen LogP contribution in [0.1, 0.15) is 25.3 Å². The number of hydrogen-bond donors (Lipinski definition) is 0. The molecule has 0 saturated heterocycles.